The van der Waals surface area contributed by atoms with Gasteiger partial charge >= 0.3 is 0 Å². The minimum absolute atomic E-state index is 0.474. The van der Waals surface area contributed by atoms with Gasteiger partial charge in [-0.15, -0.1) is 0 Å². The standard InChI is InChI=1S/C49H34N2/c1-4-16-37(17-5-1)50(38-18-6-2-7-19-38)40-31-28-35(29-32-40)36-30-33-42-41-22-10-11-23-43(41)49(46(42)34-36)44-24-12-14-26-47(44)51(39-20-8-3-9-21-39)48-27-15-13-25-45(48)49/h1-34H. The van der Waals surface area contributed by atoms with Crippen molar-refractivity contribution in [1.82, 2.24) is 0 Å². The molecule has 0 amide bonds. The van der Waals surface area contributed by atoms with E-state index >= 15 is 0 Å². The van der Waals surface area contributed by atoms with E-state index in [2.05, 4.69) is 216 Å². The maximum absolute atomic E-state index is 2.46. The second-order valence-electron chi connectivity index (χ2n) is 13.3. The summed E-state index contributed by atoms with van der Waals surface area (Å²) in [6, 6.07) is 75.1. The molecule has 0 saturated heterocycles. The van der Waals surface area contributed by atoms with Crippen LogP contribution in [0.5, 0.6) is 0 Å². The van der Waals surface area contributed by atoms with E-state index < -0.39 is 5.41 Å². The highest BCUT2D eigenvalue weighted by molar-refractivity contribution is 5.96. The Kier molecular flexibility index (Phi) is 6.75. The van der Waals surface area contributed by atoms with Gasteiger partial charge in [-0.25, -0.2) is 0 Å². The van der Waals surface area contributed by atoms with Gasteiger partial charge in [0.2, 0.25) is 0 Å². The van der Waals surface area contributed by atoms with Crippen LogP contribution in [0.15, 0.2) is 206 Å². The predicted molar refractivity (Wildman–Crippen MR) is 212 cm³/mol. The maximum Gasteiger partial charge on any atom is 0.0754 e. The molecule has 1 aliphatic carbocycles. The van der Waals surface area contributed by atoms with Crippen LogP contribution >= 0.6 is 0 Å². The average molecular weight is 651 g/mol. The van der Waals surface area contributed by atoms with E-state index in [9.17, 15) is 0 Å². The summed E-state index contributed by atoms with van der Waals surface area (Å²) in [7, 11) is 0. The fourth-order valence-corrected chi connectivity index (χ4v) is 8.55. The lowest BCUT2D eigenvalue weighted by Crippen LogP contribution is -2.36. The Morgan fingerprint density at radius 2 is 0.784 bits per heavy atom. The molecular weight excluding hydrogens is 617 g/mol. The summed E-state index contributed by atoms with van der Waals surface area (Å²) in [6.45, 7) is 0. The molecule has 0 unspecified atom stereocenters. The number of para-hydroxylation sites is 5. The van der Waals surface area contributed by atoms with Crippen molar-refractivity contribution in [1.29, 1.82) is 0 Å². The van der Waals surface area contributed by atoms with E-state index in [0.717, 1.165) is 22.7 Å². The summed E-state index contributed by atoms with van der Waals surface area (Å²) in [5.74, 6) is 0. The molecule has 8 aromatic carbocycles. The highest BCUT2D eigenvalue weighted by atomic mass is 15.2. The van der Waals surface area contributed by atoms with Crippen molar-refractivity contribution < 1.29 is 0 Å². The van der Waals surface area contributed by atoms with Crippen LogP contribution in [0.25, 0.3) is 22.3 Å². The van der Waals surface area contributed by atoms with Crippen LogP contribution in [0.3, 0.4) is 0 Å². The Bertz CT molecular complexity index is 2430. The smallest absolute Gasteiger partial charge is 0.0754 e. The molecule has 240 valence electrons. The summed E-state index contributed by atoms with van der Waals surface area (Å²) in [5.41, 5.74) is 16.7. The van der Waals surface area contributed by atoms with Crippen molar-refractivity contribution in [2.45, 2.75) is 5.41 Å². The van der Waals surface area contributed by atoms with Gasteiger partial charge in [0.15, 0.2) is 0 Å². The van der Waals surface area contributed by atoms with Crippen molar-refractivity contribution >= 4 is 34.1 Å². The molecule has 1 heterocycles. The second-order valence-corrected chi connectivity index (χ2v) is 13.3. The molecule has 8 aromatic rings. The highest BCUT2D eigenvalue weighted by Gasteiger charge is 2.51. The van der Waals surface area contributed by atoms with Gasteiger partial charge in [-0.1, -0.05) is 140 Å². The van der Waals surface area contributed by atoms with Crippen molar-refractivity contribution in [3.63, 3.8) is 0 Å². The second kappa shape index (κ2) is 11.8. The summed E-state index contributed by atoms with van der Waals surface area (Å²) in [5, 5.41) is 0. The summed E-state index contributed by atoms with van der Waals surface area (Å²) in [4.78, 5) is 4.75. The number of rotatable bonds is 5. The first-order valence-corrected chi connectivity index (χ1v) is 17.6. The Morgan fingerprint density at radius 1 is 0.333 bits per heavy atom. The molecule has 51 heavy (non-hydrogen) atoms. The van der Waals surface area contributed by atoms with Crippen LogP contribution in [0.2, 0.25) is 0 Å². The van der Waals surface area contributed by atoms with E-state index in [0.29, 0.717) is 0 Å². The molecule has 1 spiro atoms. The number of hydrogen-bond donors (Lipinski definition) is 0. The molecule has 0 fully saturated rings. The maximum atomic E-state index is 2.46. The van der Waals surface area contributed by atoms with Gasteiger partial charge in [-0.3, -0.25) is 0 Å². The topological polar surface area (TPSA) is 6.48 Å². The van der Waals surface area contributed by atoms with Crippen molar-refractivity contribution in [2.24, 2.45) is 0 Å². The minimum atomic E-state index is -0.474. The Morgan fingerprint density at radius 3 is 1.39 bits per heavy atom. The van der Waals surface area contributed by atoms with Crippen LogP contribution < -0.4 is 9.80 Å². The largest absolute Gasteiger partial charge is 0.311 e. The van der Waals surface area contributed by atoms with Crippen LogP contribution in [0.4, 0.5) is 34.1 Å². The van der Waals surface area contributed by atoms with E-state index in [1.165, 1.54) is 55.9 Å². The van der Waals surface area contributed by atoms with Gasteiger partial charge < -0.3 is 9.80 Å². The van der Waals surface area contributed by atoms with E-state index in [4.69, 9.17) is 0 Å². The quantitative estimate of drug-likeness (QED) is 0.183. The van der Waals surface area contributed by atoms with Gasteiger partial charge in [0.1, 0.15) is 0 Å². The molecule has 2 aliphatic rings. The highest BCUT2D eigenvalue weighted by Crippen LogP contribution is 2.63. The number of hydrogen-bond acceptors (Lipinski definition) is 2. The normalized spacial score (nSPS) is 13.2. The van der Waals surface area contributed by atoms with Gasteiger partial charge in [-0.05, 0) is 111 Å². The number of nitrogens with zero attached hydrogens (tertiary/aromatic N) is 2. The van der Waals surface area contributed by atoms with Crippen LogP contribution in [-0.2, 0) is 5.41 Å². The molecule has 0 radical (unpaired) electrons. The van der Waals surface area contributed by atoms with E-state index in [1.807, 2.05) is 0 Å². The summed E-state index contributed by atoms with van der Waals surface area (Å²) >= 11 is 0. The summed E-state index contributed by atoms with van der Waals surface area (Å²) < 4.78 is 0. The van der Waals surface area contributed by atoms with Gasteiger partial charge in [0, 0.05) is 22.7 Å². The number of anilines is 6. The monoisotopic (exact) mass is 650 g/mol. The molecule has 10 rings (SSSR count). The fourth-order valence-electron chi connectivity index (χ4n) is 8.55. The predicted octanol–water partition coefficient (Wildman–Crippen LogP) is 13.0. The molecule has 1 aliphatic heterocycles. The molecular formula is C49H34N2. The van der Waals surface area contributed by atoms with Crippen molar-refractivity contribution in [3.05, 3.63) is 229 Å². The van der Waals surface area contributed by atoms with Crippen LogP contribution in [0, 0.1) is 0 Å². The van der Waals surface area contributed by atoms with Crippen molar-refractivity contribution in [3.8, 4) is 22.3 Å². The van der Waals surface area contributed by atoms with Gasteiger partial charge in [-0.2, -0.15) is 0 Å². The first-order valence-electron chi connectivity index (χ1n) is 17.6. The van der Waals surface area contributed by atoms with Crippen molar-refractivity contribution in [2.75, 3.05) is 9.80 Å². The Hall–Kier alpha value is -6.64. The van der Waals surface area contributed by atoms with Gasteiger partial charge in [0.05, 0.1) is 16.8 Å². The molecule has 0 N–H and O–H groups in total. The molecule has 0 bridgehead atoms. The minimum Gasteiger partial charge on any atom is -0.311 e. The molecule has 0 atom stereocenters. The fraction of sp³-hybridized carbons (Fsp3) is 0.0204. The molecule has 2 nitrogen and oxygen atoms in total. The zero-order valence-electron chi connectivity index (χ0n) is 28.0. The zero-order valence-corrected chi connectivity index (χ0v) is 28.0. The Balaban J connectivity index is 1.16. The third kappa shape index (κ3) is 4.43. The first kappa shape index (κ1) is 29.3. The average Bonchev–Trinajstić information content (AvgIpc) is 3.50. The number of fused-ring (bicyclic) bond motifs is 9. The lowest BCUT2D eigenvalue weighted by Gasteiger charge is -2.45. The van der Waals surface area contributed by atoms with Crippen LogP contribution in [0.1, 0.15) is 22.3 Å². The summed E-state index contributed by atoms with van der Waals surface area (Å²) in [6.07, 6.45) is 0. The van der Waals surface area contributed by atoms with Crippen LogP contribution in [-0.4, -0.2) is 0 Å². The SMILES string of the molecule is c1ccc(N(c2ccccc2)c2ccc(-c3ccc4c(c3)C3(c5ccccc5-4)c4ccccc4N(c4ccccc4)c4ccccc43)cc2)cc1. The third-order valence-corrected chi connectivity index (χ3v) is 10.6. The molecule has 0 aromatic heterocycles. The zero-order chi connectivity index (χ0) is 33.8. The molecule has 0 saturated carbocycles. The van der Waals surface area contributed by atoms with Gasteiger partial charge in [0.25, 0.3) is 0 Å². The first-order chi connectivity index (χ1) is 25.3. The lowest BCUT2D eigenvalue weighted by molar-refractivity contribution is 0.753. The molecule has 2 heteroatoms. The Labute approximate surface area is 299 Å². The third-order valence-electron chi connectivity index (χ3n) is 10.6. The van der Waals surface area contributed by atoms with E-state index in [1.54, 1.807) is 0 Å². The van der Waals surface area contributed by atoms with E-state index in [-0.39, 0.29) is 0 Å². The lowest BCUT2D eigenvalue weighted by atomic mass is 9.64. The number of benzene rings is 8.